The standard InChI is InChI=1S/C10H16N2O2.2C2H6/c1-2-3-4-5-7-12-8-6-9(13)11-10(12)14;2*1-2/h4-5H,2-3,6-8H2,1H3,(H,11,13,14);2*1-2H3/b5-4+;;. The van der Waals surface area contributed by atoms with Crippen LogP contribution in [0.25, 0.3) is 0 Å². The van der Waals surface area contributed by atoms with Gasteiger partial charge in [0.25, 0.3) is 0 Å². The number of amides is 3. The van der Waals surface area contributed by atoms with Crippen molar-refractivity contribution in [3.05, 3.63) is 12.2 Å². The predicted octanol–water partition coefficient (Wildman–Crippen LogP) is 3.34. The summed E-state index contributed by atoms with van der Waals surface area (Å²) in [4.78, 5) is 23.7. The highest BCUT2D eigenvalue weighted by Crippen LogP contribution is 2.00. The molecule has 1 rings (SSSR count). The fraction of sp³-hybridized carbons (Fsp3) is 0.714. The lowest BCUT2D eigenvalue weighted by atomic mass is 10.3. The van der Waals surface area contributed by atoms with Crippen molar-refractivity contribution in [1.29, 1.82) is 0 Å². The minimum Gasteiger partial charge on any atom is -0.320 e. The Morgan fingerprint density at radius 1 is 1.17 bits per heavy atom. The molecule has 0 saturated carbocycles. The van der Waals surface area contributed by atoms with Crippen LogP contribution >= 0.6 is 0 Å². The highest BCUT2D eigenvalue weighted by atomic mass is 16.2. The Kier molecular flexibility index (Phi) is 14.5. The topological polar surface area (TPSA) is 49.4 Å². The van der Waals surface area contributed by atoms with Gasteiger partial charge in [-0.05, 0) is 6.42 Å². The van der Waals surface area contributed by atoms with Gasteiger partial charge in [0.2, 0.25) is 5.91 Å². The van der Waals surface area contributed by atoms with Crippen LogP contribution in [0.4, 0.5) is 4.79 Å². The highest BCUT2D eigenvalue weighted by Gasteiger charge is 2.21. The van der Waals surface area contributed by atoms with Crippen LogP contribution < -0.4 is 5.32 Å². The largest absolute Gasteiger partial charge is 0.324 e. The van der Waals surface area contributed by atoms with Crippen LogP contribution in [0.5, 0.6) is 0 Å². The van der Waals surface area contributed by atoms with E-state index in [4.69, 9.17) is 0 Å². The zero-order valence-electron chi connectivity index (χ0n) is 12.5. The summed E-state index contributed by atoms with van der Waals surface area (Å²) < 4.78 is 0. The molecule has 1 saturated heterocycles. The maximum atomic E-state index is 11.2. The molecule has 4 nitrogen and oxygen atoms in total. The normalized spacial score (nSPS) is 14.4. The summed E-state index contributed by atoms with van der Waals surface area (Å²) in [6.45, 7) is 11.2. The first kappa shape index (κ1) is 19.0. The molecule has 18 heavy (non-hydrogen) atoms. The van der Waals surface area contributed by atoms with E-state index >= 15 is 0 Å². The second-order valence-corrected chi connectivity index (χ2v) is 3.31. The molecule has 0 radical (unpaired) electrons. The highest BCUT2D eigenvalue weighted by molar-refractivity contribution is 5.96. The van der Waals surface area contributed by atoms with Crippen LogP contribution in [-0.4, -0.2) is 29.9 Å². The fourth-order valence-corrected chi connectivity index (χ4v) is 1.26. The van der Waals surface area contributed by atoms with Gasteiger partial charge in [-0.1, -0.05) is 53.2 Å². The third-order valence-corrected chi connectivity index (χ3v) is 2.09. The average Bonchev–Trinajstić information content (AvgIpc) is 2.41. The lowest BCUT2D eigenvalue weighted by Crippen LogP contribution is -2.49. The molecule has 0 aromatic rings. The molecule has 1 fully saturated rings. The molecule has 3 amide bonds. The smallest absolute Gasteiger partial charge is 0.320 e. The molecule has 1 aliphatic heterocycles. The van der Waals surface area contributed by atoms with E-state index in [0.29, 0.717) is 19.5 Å². The maximum absolute atomic E-state index is 11.2. The molecule has 0 aromatic carbocycles. The maximum Gasteiger partial charge on any atom is 0.324 e. The molecule has 0 unspecified atom stereocenters. The van der Waals surface area contributed by atoms with Crippen LogP contribution in [0, 0.1) is 0 Å². The third-order valence-electron chi connectivity index (χ3n) is 2.09. The van der Waals surface area contributed by atoms with Gasteiger partial charge in [-0.3, -0.25) is 10.1 Å². The molecule has 106 valence electrons. The number of hydrogen-bond acceptors (Lipinski definition) is 2. The van der Waals surface area contributed by atoms with Crippen molar-refractivity contribution in [2.24, 2.45) is 0 Å². The molecule has 1 heterocycles. The number of urea groups is 1. The lowest BCUT2D eigenvalue weighted by Gasteiger charge is -2.25. The number of hydrogen-bond donors (Lipinski definition) is 1. The van der Waals surface area contributed by atoms with Gasteiger partial charge >= 0.3 is 6.03 Å². The molecule has 4 heteroatoms. The summed E-state index contributed by atoms with van der Waals surface area (Å²) in [5, 5.41) is 2.28. The minimum absolute atomic E-state index is 0.177. The number of allylic oxidation sites excluding steroid dienone is 1. The first-order chi connectivity index (χ1) is 8.74. The van der Waals surface area contributed by atoms with Crippen molar-refractivity contribution in [1.82, 2.24) is 10.2 Å². The number of unbranched alkanes of at least 4 members (excludes halogenated alkanes) is 1. The van der Waals surface area contributed by atoms with Crippen molar-refractivity contribution in [3.8, 4) is 0 Å². The molecule has 0 spiro atoms. The van der Waals surface area contributed by atoms with Crippen LogP contribution in [0.1, 0.15) is 53.9 Å². The number of imide groups is 1. The van der Waals surface area contributed by atoms with E-state index in [9.17, 15) is 9.59 Å². The number of carbonyl (C=O) groups excluding carboxylic acids is 2. The van der Waals surface area contributed by atoms with E-state index in [1.165, 1.54) is 0 Å². The van der Waals surface area contributed by atoms with Gasteiger partial charge in [-0.2, -0.15) is 0 Å². The fourth-order valence-electron chi connectivity index (χ4n) is 1.26. The minimum atomic E-state index is -0.276. The van der Waals surface area contributed by atoms with Gasteiger partial charge in [0.05, 0.1) is 0 Å². The molecule has 1 N–H and O–H groups in total. The first-order valence-electron chi connectivity index (χ1n) is 6.97. The van der Waals surface area contributed by atoms with E-state index in [-0.39, 0.29) is 11.9 Å². The van der Waals surface area contributed by atoms with Crippen molar-refractivity contribution in [2.45, 2.75) is 53.9 Å². The zero-order chi connectivity index (χ0) is 14.4. The Balaban J connectivity index is 0. The first-order valence-corrected chi connectivity index (χ1v) is 6.97. The zero-order valence-corrected chi connectivity index (χ0v) is 12.5. The molecule has 0 bridgehead atoms. The third kappa shape index (κ3) is 8.79. The van der Waals surface area contributed by atoms with Gasteiger partial charge in [0.1, 0.15) is 0 Å². The summed E-state index contributed by atoms with van der Waals surface area (Å²) in [5.41, 5.74) is 0. The van der Waals surface area contributed by atoms with Crippen molar-refractivity contribution in [2.75, 3.05) is 13.1 Å². The van der Waals surface area contributed by atoms with Gasteiger partial charge in [0, 0.05) is 19.5 Å². The van der Waals surface area contributed by atoms with E-state index in [1.807, 2.05) is 33.8 Å². The molecule has 0 aromatic heterocycles. The van der Waals surface area contributed by atoms with E-state index < -0.39 is 0 Å². The van der Waals surface area contributed by atoms with Crippen molar-refractivity contribution < 1.29 is 9.59 Å². The summed E-state index contributed by atoms with van der Waals surface area (Å²) in [7, 11) is 0. The van der Waals surface area contributed by atoms with E-state index in [2.05, 4.69) is 18.3 Å². The Labute approximate surface area is 111 Å². The van der Waals surface area contributed by atoms with E-state index in [1.54, 1.807) is 4.90 Å². The van der Waals surface area contributed by atoms with Gasteiger partial charge in [-0.15, -0.1) is 0 Å². The number of nitrogens with one attached hydrogen (secondary N) is 1. The quantitative estimate of drug-likeness (QED) is 0.784. The molecule has 0 aliphatic carbocycles. The second kappa shape index (κ2) is 13.7. The lowest BCUT2D eigenvalue weighted by molar-refractivity contribution is -0.121. The molecule has 0 atom stereocenters. The van der Waals surface area contributed by atoms with Crippen molar-refractivity contribution in [3.63, 3.8) is 0 Å². The monoisotopic (exact) mass is 256 g/mol. The van der Waals surface area contributed by atoms with Gasteiger partial charge < -0.3 is 4.90 Å². The Morgan fingerprint density at radius 3 is 2.28 bits per heavy atom. The van der Waals surface area contributed by atoms with Crippen LogP contribution in [-0.2, 0) is 4.79 Å². The SMILES string of the molecule is CC.CC.CCC/C=C/CN1CCC(=O)NC1=O. The summed E-state index contributed by atoms with van der Waals surface area (Å²) in [6.07, 6.45) is 6.59. The van der Waals surface area contributed by atoms with E-state index in [0.717, 1.165) is 12.8 Å². The molecule has 1 aliphatic rings. The summed E-state index contributed by atoms with van der Waals surface area (Å²) in [5.74, 6) is -0.177. The Morgan fingerprint density at radius 2 is 1.78 bits per heavy atom. The Hall–Kier alpha value is -1.32. The number of carbonyl (C=O) groups is 2. The van der Waals surface area contributed by atoms with Crippen LogP contribution in [0.3, 0.4) is 0 Å². The van der Waals surface area contributed by atoms with Crippen LogP contribution in [0.15, 0.2) is 12.2 Å². The average molecular weight is 256 g/mol. The summed E-state index contributed by atoms with van der Waals surface area (Å²) >= 11 is 0. The second-order valence-electron chi connectivity index (χ2n) is 3.31. The van der Waals surface area contributed by atoms with Crippen molar-refractivity contribution >= 4 is 11.9 Å². The Bertz CT molecular complexity index is 250. The molecular formula is C14H28N2O2. The van der Waals surface area contributed by atoms with Gasteiger partial charge in [-0.25, -0.2) is 4.79 Å². The number of rotatable bonds is 4. The van der Waals surface area contributed by atoms with Crippen LogP contribution in [0.2, 0.25) is 0 Å². The predicted molar refractivity (Wildman–Crippen MR) is 76.5 cm³/mol. The van der Waals surface area contributed by atoms with Gasteiger partial charge in [0.15, 0.2) is 0 Å². The summed E-state index contributed by atoms with van der Waals surface area (Å²) in [6, 6.07) is -0.276. The number of nitrogens with zero attached hydrogens (tertiary/aromatic N) is 1. The molecular weight excluding hydrogens is 228 g/mol.